The van der Waals surface area contributed by atoms with Crippen molar-refractivity contribution in [1.82, 2.24) is 9.97 Å². The molecule has 0 unspecified atom stereocenters. The van der Waals surface area contributed by atoms with Gasteiger partial charge in [0, 0.05) is 6.17 Å². The van der Waals surface area contributed by atoms with E-state index in [1.807, 2.05) is 13.8 Å². The Morgan fingerprint density at radius 1 is 1.60 bits per heavy atom. The lowest BCUT2D eigenvalue weighted by Gasteiger charge is -2.02. The first-order valence-corrected chi connectivity index (χ1v) is 3.13. The van der Waals surface area contributed by atoms with E-state index in [2.05, 4.69) is 9.97 Å². The Bertz CT molecular complexity index is 299. The minimum atomic E-state index is -0.121. The van der Waals surface area contributed by atoms with Gasteiger partial charge in [-0.25, -0.2) is 4.98 Å². The van der Waals surface area contributed by atoms with Crippen LogP contribution in [-0.2, 0) is 0 Å². The molecule has 0 aromatic carbocycles. The zero-order chi connectivity index (χ0) is 9.30. The van der Waals surface area contributed by atoms with E-state index in [1.165, 1.54) is 0 Å². The van der Waals surface area contributed by atoms with E-state index in [9.17, 15) is 0 Å². The van der Waals surface area contributed by atoms with Gasteiger partial charge in [0.25, 0.3) is 0 Å². The first-order chi connectivity index (χ1) is 5.52. The van der Waals surface area contributed by atoms with Crippen LogP contribution in [0.15, 0.2) is 12.3 Å². The third-order valence-corrected chi connectivity index (χ3v) is 1.13. The Morgan fingerprint density at radius 3 is 2.90 bits per heavy atom. The molecular weight excluding hydrogens is 126 g/mol. The van der Waals surface area contributed by atoms with Crippen LogP contribution in [0.25, 0.3) is 0 Å². The summed E-state index contributed by atoms with van der Waals surface area (Å²) in [4.78, 5) is 7.55. The fourth-order valence-corrected chi connectivity index (χ4v) is 0.580. The van der Waals surface area contributed by atoms with E-state index >= 15 is 0 Å². The van der Waals surface area contributed by atoms with Gasteiger partial charge in [0.05, 0.1) is 14.6 Å². The largest absolute Gasteiger partial charge is 0.382 e. The predicted octanol–water partition coefficient (Wildman–Crippen LogP) is 1.18. The minimum Gasteiger partial charge on any atom is -0.382 e. The Morgan fingerprint density at radius 2 is 2.30 bits per heavy atom. The molecule has 0 saturated heterocycles. The third kappa shape index (κ3) is 1.43. The maximum absolute atomic E-state index is 7.39. The summed E-state index contributed by atoms with van der Waals surface area (Å²) in [6.07, 6.45) is -0.0754. The quantitative estimate of drug-likeness (QED) is 0.635. The van der Waals surface area contributed by atoms with Crippen molar-refractivity contribution in [3.05, 3.63) is 18.0 Å². The lowest BCUT2D eigenvalue weighted by atomic mass is 10.1. The molecule has 0 saturated carbocycles. The molecule has 0 radical (unpaired) electrons. The molecule has 54 valence electrons. The van der Waals surface area contributed by atoms with E-state index in [4.69, 9.17) is 8.48 Å². The van der Waals surface area contributed by atoms with Gasteiger partial charge in [-0.05, 0) is 5.92 Å². The second-order valence-electron chi connectivity index (χ2n) is 2.37. The summed E-state index contributed by atoms with van der Waals surface area (Å²) < 4.78 is 14.6. The number of nitrogen functional groups attached to an aromatic ring is 1. The molecule has 3 nitrogen and oxygen atoms in total. The van der Waals surface area contributed by atoms with Gasteiger partial charge < -0.3 is 5.73 Å². The number of aromatic nitrogens is 2. The lowest BCUT2D eigenvalue weighted by Crippen LogP contribution is -1.97. The van der Waals surface area contributed by atoms with Gasteiger partial charge in [-0.2, -0.15) is 0 Å². The van der Waals surface area contributed by atoms with Crippen molar-refractivity contribution in [2.45, 2.75) is 19.8 Å². The normalized spacial score (nSPS) is 13.1. The highest BCUT2D eigenvalue weighted by atomic mass is 14.9. The van der Waals surface area contributed by atoms with Crippen molar-refractivity contribution < 1.29 is 2.74 Å². The summed E-state index contributed by atoms with van der Waals surface area (Å²) in [7, 11) is 0. The monoisotopic (exact) mass is 139 g/mol. The zero-order valence-electron chi connectivity index (χ0n) is 8.05. The first kappa shape index (κ1) is 4.66. The number of nitrogens with zero attached hydrogens (tertiary/aromatic N) is 2. The van der Waals surface area contributed by atoms with Crippen LogP contribution in [0.1, 0.15) is 28.2 Å². The molecule has 1 rings (SSSR count). The topological polar surface area (TPSA) is 51.8 Å². The van der Waals surface area contributed by atoms with Gasteiger partial charge in [0.15, 0.2) is 0 Å². The van der Waals surface area contributed by atoms with Gasteiger partial charge in [0.2, 0.25) is 0 Å². The molecule has 0 spiro atoms. The highest BCUT2D eigenvalue weighted by Crippen LogP contribution is 2.09. The minimum absolute atomic E-state index is 0.0456. The summed E-state index contributed by atoms with van der Waals surface area (Å²) in [6.45, 7) is 3.82. The Labute approximate surface area is 63.1 Å². The van der Waals surface area contributed by atoms with Crippen molar-refractivity contribution in [1.29, 1.82) is 0 Å². The zero-order valence-corrected chi connectivity index (χ0v) is 6.05. The van der Waals surface area contributed by atoms with Crippen LogP contribution in [-0.4, -0.2) is 9.97 Å². The molecule has 1 heterocycles. The van der Waals surface area contributed by atoms with Crippen LogP contribution in [0.5, 0.6) is 0 Å². The Kier molecular flexibility index (Phi) is 1.23. The molecule has 0 aliphatic carbocycles. The van der Waals surface area contributed by atoms with E-state index in [1.54, 1.807) is 0 Å². The van der Waals surface area contributed by atoms with Crippen molar-refractivity contribution in [2.24, 2.45) is 0 Å². The molecule has 0 amide bonds. The fraction of sp³-hybridized carbons (Fsp3) is 0.429. The molecule has 0 aliphatic rings. The van der Waals surface area contributed by atoms with Crippen LogP contribution in [0.3, 0.4) is 0 Å². The summed E-state index contributed by atoms with van der Waals surface area (Å²) in [5, 5.41) is 0. The highest BCUT2D eigenvalue weighted by Gasteiger charge is 1.99. The molecule has 3 heteroatoms. The van der Waals surface area contributed by atoms with Crippen LogP contribution in [0, 0.1) is 0 Å². The summed E-state index contributed by atoms with van der Waals surface area (Å²) in [6, 6.07) is 0. The van der Waals surface area contributed by atoms with E-state index in [-0.39, 0.29) is 24.1 Å². The summed E-state index contributed by atoms with van der Waals surface area (Å²) >= 11 is 0. The van der Waals surface area contributed by atoms with Gasteiger partial charge in [0.1, 0.15) is 5.82 Å². The average Bonchev–Trinajstić information content (AvgIpc) is 1.96. The molecule has 2 N–H and O–H groups in total. The van der Waals surface area contributed by atoms with Gasteiger partial charge in [-0.3, -0.25) is 4.98 Å². The van der Waals surface area contributed by atoms with E-state index in [0.717, 1.165) is 0 Å². The van der Waals surface area contributed by atoms with Crippen LogP contribution >= 0.6 is 0 Å². The van der Waals surface area contributed by atoms with Crippen LogP contribution < -0.4 is 5.73 Å². The molecule has 10 heavy (non-hydrogen) atoms. The van der Waals surface area contributed by atoms with Crippen LogP contribution in [0.4, 0.5) is 5.82 Å². The standard InChI is InChI=1S/C7H11N3/c1-5(2)6-3-9-4-7(8)10-6/h3-5H,1-2H3,(H2,8,10)/i3D,4D. The number of rotatable bonds is 1. The maximum atomic E-state index is 7.39. The predicted molar refractivity (Wildman–Crippen MR) is 40.5 cm³/mol. The van der Waals surface area contributed by atoms with Crippen molar-refractivity contribution in [3.8, 4) is 0 Å². The lowest BCUT2D eigenvalue weighted by molar-refractivity contribution is 0.814. The second kappa shape index (κ2) is 2.64. The second-order valence-corrected chi connectivity index (χ2v) is 2.37. The van der Waals surface area contributed by atoms with Crippen molar-refractivity contribution >= 4 is 5.82 Å². The number of anilines is 1. The molecular formula is C7H11N3. The molecule has 0 bridgehead atoms. The van der Waals surface area contributed by atoms with Gasteiger partial charge in [-0.15, -0.1) is 0 Å². The molecule has 1 aromatic heterocycles. The molecule has 0 atom stereocenters. The van der Waals surface area contributed by atoms with Crippen molar-refractivity contribution in [2.75, 3.05) is 5.73 Å². The van der Waals surface area contributed by atoms with Crippen molar-refractivity contribution in [3.63, 3.8) is 0 Å². The van der Waals surface area contributed by atoms with E-state index < -0.39 is 0 Å². The Balaban J connectivity index is 3.23. The Hall–Kier alpha value is -1.12. The molecule has 1 aromatic rings. The first-order valence-electron chi connectivity index (χ1n) is 4.13. The van der Waals surface area contributed by atoms with Gasteiger partial charge in [-0.1, -0.05) is 13.8 Å². The average molecular weight is 139 g/mol. The summed E-state index contributed by atoms with van der Waals surface area (Å²) in [5.74, 6) is 0.211. The van der Waals surface area contributed by atoms with E-state index in [0.29, 0.717) is 5.69 Å². The molecule has 0 fully saturated rings. The smallest absolute Gasteiger partial charge is 0.142 e. The molecule has 0 aliphatic heterocycles. The fourth-order valence-electron chi connectivity index (χ4n) is 0.580. The highest BCUT2D eigenvalue weighted by molar-refractivity contribution is 5.24. The third-order valence-electron chi connectivity index (χ3n) is 1.13. The van der Waals surface area contributed by atoms with Gasteiger partial charge >= 0.3 is 0 Å². The number of hydrogen-bond acceptors (Lipinski definition) is 3. The number of nitrogens with two attached hydrogens (primary N) is 1. The number of hydrogen-bond donors (Lipinski definition) is 1. The maximum Gasteiger partial charge on any atom is 0.142 e. The van der Waals surface area contributed by atoms with Crippen LogP contribution in [0.2, 0.25) is 0 Å². The SMILES string of the molecule is [2H]c1nc([2H])c(C(C)C)nc1N. The summed E-state index contributed by atoms with van der Waals surface area (Å²) in [5.41, 5.74) is 5.93.